The topological polar surface area (TPSA) is 58.6 Å². The molecule has 1 spiro atoms. The molecule has 5 nitrogen and oxygen atoms in total. The molecule has 15 heavy (non-hydrogen) atoms. The number of carbonyl (C=O) groups is 2. The van der Waals surface area contributed by atoms with Crippen LogP contribution in [0.3, 0.4) is 0 Å². The number of esters is 1. The van der Waals surface area contributed by atoms with Crippen molar-refractivity contribution in [3.05, 3.63) is 0 Å². The van der Waals surface area contributed by atoms with E-state index in [-0.39, 0.29) is 0 Å². The predicted molar refractivity (Wildman–Crippen MR) is 53.1 cm³/mol. The van der Waals surface area contributed by atoms with E-state index in [0.717, 1.165) is 25.9 Å². The van der Waals surface area contributed by atoms with Crippen LogP contribution in [0, 0.1) is 5.41 Å². The Bertz CT molecular complexity index is 276. The van der Waals surface area contributed by atoms with E-state index >= 15 is 0 Å². The Morgan fingerprint density at radius 2 is 1.87 bits per heavy atom. The zero-order valence-electron chi connectivity index (χ0n) is 8.91. The van der Waals surface area contributed by atoms with Crippen molar-refractivity contribution >= 4 is 11.9 Å². The number of ether oxygens (including phenoxy) is 1. The summed E-state index contributed by atoms with van der Waals surface area (Å²) >= 11 is 0. The first-order chi connectivity index (χ1) is 7.17. The Kier molecular flexibility index (Phi) is 2.65. The van der Waals surface area contributed by atoms with Crippen molar-refractivity contribution in [2.75, 3.05) is 33.3 Å². The minimum absolute atomic E-state index is 0.396. The van der Waals surface area contributed by atoms with E-state index in [1.54, 1.807) is 4.90 Å². The molecule has 0 aromatic heterocycles. The number of methoxy groups -OCH3 is 1. The summed E-state index contributed by atoms with van der Waals surface area (Å²) in [6.45, 7) is 3.45. The second kappa shape index (κ2) is 3.81. The van der Waals surface area contributed by atoms with Gasteiger partial charge in [-0.15, -0.1) is 0 Å². The van der Waals surface area contributed by atoms with E-state index in [2.05, 4.69) is 10.1 Å². The van der Waals surface area contributed by atoms with Gasteiger partial charge in [0, 0.05) is 26.2 Å². The van der Waals surface area contributed by atoms with Crippen molar-refractivity contribution < 1.29 is 14.3 Å². The van der Waals surface area contributed by atoms with Gasteiger partial charge in [-0.05, 0) is 18.3 Å². The van der Waals surface area contributed by atoms with Crippen LogP contribution >= 0.6 is 0 Å². The lowest BCUT2D eigenvalue weighted by atomic mass is 9.73. The van der Waals surface area contributed by atoms with Crippen LogP contribution in [0.4, 0.5) is 0 Å². The molecule has 0 aliphatic carbocycles. The summed E-state index contributed by atoms with van der Waals surface area (Å²) in [5, 5.41) is 3.25. The van der Waals surface area contributed by atoms with Gasteiger partial charge >= 0.3 is 11.9 Å². The first-order valence-corrected chi connectivity index (χ1v) is 5.25. The highest BCUT2D eigenvalue weighted by molar-refractivity contribution is 6.32. The Hall–Kier alpha value is -1.10. The van der Waals surface area contributed by atoms with Crippen LogP contribution in [0.5, 0.6) is 0 Å². The van der Waals surface area contributed by atoms with Crippen LogP contribution in [0.2, 0.25) is 0 Å². The van der Waals surface area contributed by atoms with E-state index in [4.69, 9.17) is 0 Å². The minimum Gasteiger partial charge on any atom is -0.462 e. The van der Waals surface area contributed by atoms with Crippen LogP contribution < -0.4 is 5.32 Å². The zero-order chi connectivity index (χ0) is 10.9. The number of amides is 1. The number of piperidine rings is 1. The van der Waals surface area contributed by atoms with Crippen LogP contribution in [-0.4, -0.2) is 50.1 Å². The maximum atomic E-state index is 11.5. The quantitative estimate of drug-likeness (QED) is 0.429. The van der Waals surface area contributed by atoms with Crippen LogP contribution in [0.15, 0.2) is 0 Å². The maximum absolute atomic E-state index is 11.5. The van der Waals surface area contributed by atoms with E-state index in [9.17, 15) is 9.59 Å². The van der Waals surface area contributed by atoms with Crippen LogP contribution in [0.25, 0.3) is 0 Å². The maximum Gasteiger partial charge on any atom is 0.396 e. The number of rotatable bonds is 0. The van der Waals surface area contributed by atoms with Crippen molar-refractivity contribution in [3.8, 4) is 0 Å². The van der Waals surface area contributed by atoms with Gasteiger partial charge in [-0.2, -0.15) is 0 Å². The van der Waals surface area contributed by atoms with Crippen molar-refractivity contribution in [1.29, 1.82) is 0 Å². The molecule has 2 heterocycles. The fourth-order valence-electron chi connectivity index (χ4n) is 2.23. The molecule has 0 aromatic rings. The summed E-state index contributed by atoms with van der Waals surface area (Å²) < 4.78 is 4.42. The van der Waals surface area contributed by atoms with Gasteiger partial charge < -0.3 is 15.0 Å². The van der Waals surface area contributed by atoms with Gasteiger partial charge in [0.05, 0.1) is 7.11 Å². The highest BCUT2D eigenvalue weighted by Crippen LogP contribution is 2.34. The molecule has 0 radical (unpaired) electrons. The minimum atomic E-state index is -0.752. The largest absolute Gasteiger partial charge is 0.462 e. The molecule has 0 bridgehead atoms. The van der Waals surface area contributed by atoms with Gasteiger partial charge in [-0.25, -0.2) is 4.79 Å². The molecule has 1 amide bonds. The number of hydrogen-bond acceptors (Lipinski definition) is 4. The summed E-state index contributed by atoms with van der Waals surface area (Å²) in [7, 11) is 1.24. The normalized spacial score (nSPS) is 23.4. The third-order valence-electron chi connectivity index (χ3n) is 3.47. The van der Waals surface area contributed by atoms with Gasteiger partial charge in [0.15, 0.2) is 0 Å². The molecule has 5 heteroatoms. The number of likely N-dealkylation sites (tertiary alicyclic amines) is 1. The molecule has 2 fully saturated rings. The van der Waals surface area contributed by atoms with E-state index in [1.165, 1.54) is 7.11 Å². The zero-order valence-corrected chi connectivity index (χ0v) is 8.91. The Morgan fingerprint density at radius 3 is 2.27 bits per heavy atom. The highest BCUT2D eigenvalue weighted by atomic mass is 16.5. The van der Waals surface area contributed by atoms with E-state index in [0.29, 0.717) is 18.5 Å². The Labute approximate surface area is 88.8 Å². The van der Waals surface area contributed by atoms with Crippen molar-refractivity contribution in [2.24, 2.45) is 5.41 Å². The first kappa shape index (κ1) is 10.4. The Balaban J connectivity index is 1.87. The highest BCUT2D eigenvalue weighted by Gasteiger charge is 2.41. The molecule has 2 saturated heterocycles. The number of hydrogen-bond donors (Lipinski definition) is 1. The molecular formula is C10H16N2O3. The summed E-state index contributed by atoms with van der Waals surface area (Å²) in [6, 6.07) is 0. The van der Waals surface area contributed by atoms with Crippen LogP contribution in [0.1, 0.15) is 12.8 Å². The fraction of sp³-hybridized carbons (Fsp3) is 0.800. The second-order valence-corrected chi connectivity index (χ2v) is 4.39. The summed E-state index contributed by atoms with van der Waals surface area (Å²) in [4.78, 5) is 24.1. The average molecular weight is 212 g/mol. The molecule has 0 saturated carbocycles. The standard InChI is InChI=1S/C10H16N2O3/c1-15-9(14)8(13)12-4-2-10(3-5-12)6-11-7-10/h11H,2-7H2,1H3. The molecule has 84 valence electrons. The summed E-state index contributed by atoms with van der Waals surface area (Å²) in [6.07, 6.45) is 1.98. The van der Waals surface area contributed by atoms with Crippen molar-refractivity contribution in [2.45, 2.75) is 12.8 Å². The number of carbonyl (C=O) groups excluding carboxylic acids is 2. The van der Waals surface area contributed by atoms with E-state index in [1.807, 2.05) is 0 Å². The lowest BCUT2D eigenvalue weighted by molar-refractivity contribution is -0.159. The van der Waals surface area contributed by atoms with Gasteiger partial charge in [-0.3, -0.25) is 4.79 Å². The van der Waals surface area contributed by atoms with Crippen molar-refractivity contribution in [3.63, 3.8) is 0 Å². The number of nitrogens with zero attached hydrogens (tertiary/aromatic N) is 1. The predicted octanol–water partition coefficient (Wildman–Crippen LogP) is -0.629. The summed E-state index contributed by atoms with van der Waals surface area (Å²) in [5.74, 6) is -1.25. The third kappa shape index (κ3) is 1.84. The van der Waals surface area contributed by atoms with Gasteiger partial charge in [0.1, 0.15) is 0 Å². The van der Waals surface area contributed by atoms with Gasteiger partial charge in [0.25, 0.3) is 0 Å². The second-order valence-electron chi connectivity index (χ2n) is 4.39. The van der Waals surface area contributed by atoms with E-state index < -0.39 is 11.9 Å². The molecule has 0 atom stereocenters. The monoisotopic (exact) mass is 212 g/mol. The molecule has 2 rings (SSSR count). The molecule has 0 unspecified atom stereocenters. The average Bonchev–Trinajstić information content (AvgIpc) is 2.25. The third-order valence-corrected chi connectivity index (χ3v) is 3.47. The molecule has 2 aliphatic heterocycles. The smallest absolute Gasteiger partial charge is 0.396 e. The number of nitrogens with one attached hydrogen (secondary N) is 1. The van der Waals surface area contributed by atoms with Crippen LogP contribution in [-0.2, 0) is 14.3 Å². The molecular weight excluding hydrogens is 196 g/mol. The van der Waals surface area contributed by atoms with Gasteiger partial charge in [-0.1, -0.05) is 0 Å². The molecule has 1 N–H and O–H groups in total. The fourth-order valence-corrected chi connectivity index (χ4v) is 2.23. The summed E-state index contributed by atoms with van der Waals surface area (Å²) in [5.41, 5.74) is 0.396. The van der Waals surface area contributed by atoms with Crippen molar-refractivity contribution in [1.82, 2.24) is 10.2 Å². The SMILES string of the molecule is COC(=O)C(=O)N1CCC2(CC1)CNC2. The van der Waals surface area contributed by atoms with Gasteiger partial charge in [0.2, 0.25) is 0 Å². The lowest BCUT2D eigenvalue weighted by Crippen LogP contribution is -2.59. The lowest BCUT2D eigenvalue weighted by Gasteiger charge is -2.48. The molecule has 0 aromatic carbocycles. The first-order valence-electron chi connectivity index (χ1n) is 5.25. The Morgan fingerprint density at radius 1 is 1.27 bits per heavy atom. The molecule has 2 aliphatic rings.